The number of nitrogens with zero attached hydrogens (tertiary/aromatic N) is 2. The van der Waals surface area contributed by atoms with Crippen LogP contribution in [0.25, 0.3) is 0 Å². The maximum absolute atomic E-state index is 5.64. The molecule has 1 aromatic heterocycles. The zero-order valence-electron chi connectivity index (χ0n) is 15.6. The Bertz CT molecular complexity index is 870. The van der Waals surface area contributed by atoms with Crippen molar-refractivity contribution in [1.82, 2.24) is 9.97 Å². The van der Waals surface area contributed by atoms with Gasteiger partial charge in [-0.25, -0.2) is 4.98 Å². The van der Waals surface area contributed by atoms with Crippen molar-refractivity contribution in [3.8, 4) is 11.5 Å². The molecule has 0 aliphatic carbocycles. The Labute approximate surface area is 159 Å². The van der Waals surface area contributed by atoms with Crippen molar-refractivity contribution >= 4 is 17.5 Å². The van der Waals surface area contributed by atoms with Gasteiger partial charge in [0.05, 0.1) is 19.4 Å². The molecule has 27 heavy (non-hydrogen) atoms. The van der Waals surface area contributed by atoms with Gasteiger partial charge in [0.1, 0.15) is 17.3 Å². The van der Waals surface area contributed by atoms with Crippen LogP contribution in [0.15, 0.2) is 60.8 Å². The zero-order valence-corrected chi connectivity index (χ0v) is 15.6. The maximum Gasteiger partial charge on any atom is 0.224 e. The van der Waals surface area contributed by atoms with Crippen LogP contribution >= 0.6 is 0 Å². The average Bonchev–Trinajstić information content (AvgIpc) is 2.70. The van der Waals surface area contributed by atoms with E-state index in [1.165, 1.54) is 5.56 Å². The molecule has 0 spiro atoms. The van der Waals surface area contributed by atoms with Crippen molar-refractivity contribution in [3.05, 3.63) is 66.4 Å². The van der Waals surface area contributed by atoms with E-state index in [0.29, 0.717) is 18.4 Å². The van der Waals surface area contributed by atoms with Crippen molar-refractivity contribution in [3.63, 3.8) is 0 Å². The molecule has 0 unspecified atom stereocenters. The standard InChI is InChI=1S/C21H24N4O2/c1-3-27-19-10-5-4-9-18(19)24-20-12-14-23-21(25-20)22-13-11-16-7-6-8-17(15-16)26-2/h4-10,12,14-15H,3,11,13H2,1-2H3,(H2,22,23,24,25). The van der Waals surface area contributed by atoms with E-state index in [-0.39, 0.29) is 0 Å². The van der Waals surface area contributed by atoms with Crippen molar-refractivity contribution in [1.29, 1.82) is 0 Å². The van der Waals surface area contributed by atoms with E-state index in [9.17, 15) is 0 Å². The molecule has 0 aliphatic rings. The summed E-state index contributed by atoms with van der Waals surface area (Å²) in [5, 5.41) is 6.55. The first-order valence-electron chi connectivity index (χ1n) is 8.97. The Morgan fingerprint density at radius 2 is 1.93 bits per heavy atom. The van der Waals surface area contributed by atoms with Gasteiger partial charge in [-0.1, -0.05) is 24.3 Å². The van der Waals surface area contributed by atoms with Crippen molar-refractivity contribution in [2.24, 2.45) is 0 Å². The molecule has 0 radical (unpaired) electrons. The Balaban J connectivity index is 1.60. The molecular formula is C21H24N4O2. The van der Waals surface area contributed by atoms with Crippen LogP contribution in [-0.4, -0.2) is 30.2 Å². The summed E-state index contributed by atoms with van der Waals surface area (Å²) in [6.45, 7) is 3.30. The number of rotatable bonds is 9. The first kappa shape index (κ1) is 18.5. The highest BCUT2D eigenvalue weighted by molar-refractivity contribution is 5.64. The summed E-state index contributed by atoms with van der Waals surface area (Å²) >= 11 is 0. The predicted octanol–water partition coefficient (Wildman–Crippen LogP) is 4.28. The van der Waals surface area contributed by atoms with E-state index in [1.807, 2.05) is 55.5 Å². The molecule has 0 saturated heterocycles. The minimum absolute atomic E-state index is 0.580. The third kappa shape index (κ3) is 5.34. The van der Waals surface area contributed by atoms with E-state index in [4.69, 9.17) is 9.47 Å². The van der Waals surface area contributed by atoms with Crippen LogP contribution in [0.2, 0.25) is 0 Å². The molecule has 0 amide bonds. The van der Waals surface area contributed by atoms with Crippen LogP contribution in [0, 0.1) is 0 Å². The number of hydrogen-bond acceptors (Lipinski definition) is 6. The molecule has 140 valence electrons. The number of aromatic nitrogens is 2. The Kier molecular flexibility index (Phi) is 6.46. The quantitative estimate of drug-likeness (QED) is 0.591. The first-order chi connectivity index (χ1) is 13.3. The summed E-state index contributed by atoms with van der Waals surface area (Å²) in [6.07, 6.45) is 2.58. The SMILES string of the molecule is CCOc1ccccc1Nc1ccnc(NCCc2cccc(OC)c2)n1. The summed E-state index contributed by atoms with van der Waals surface area (Å²) < 4.78 is 10.9. The lowest BCUT2D eigenvalue weighted by Crippen LogP contribution is -2.09. The fourth-order valence-corrected chi connectivity index (χ4v) is 2.65. The highest BCUT2D eigenvalue weighted by Crippen LogP contribution is 2.26. The lowest BCUT2D eigenvalue weighted by molar-refractivity contribution is 0.342. The van der Waals surface area contributed by atoms with Gasteiger partial charge in [-0.15, -0.1) is 0 Å². The monoisotopic (exact) mass is 364 g/mol. The topological polar surface area (TPSA) is 68.3 Å². The molecule has 2 aromatic carbocycles. The fourth-order valence-electron chi connectivity index (χ4n) is 2.65. The Morgan fingerprint density at radius 3 is 2.78 bits per heavy atom. The molecule has 1 heterocycles. The second kappa shape index (κ2) is 9.43. The van der Waals surface area contributed by atoms with Gasteiger partial charge in [0.15, 0.2) is 0 Å². The van der Waals surface area contributed by atoms with Gasteiger partial charge < -0.3 is 20.1 Å². The molecule has 0 fully saturated rings. The van der Waals surface area contributed by atoms with E-state index in [1.54, 1.807) is 13.3 Å². The van der Waals surface area contributed by atoms with E-state index < -0.39 is 0 Å². The summed E-state index contributed by atoms with van der Waals surface area (Å²) in [5.74, 6) is 2.95. The number of anilines is 3. The molecule has 0 saturated carbocycles. The number of ether oxygens (including phenoxy) is 2. The summed E-state index contributed by atoms with van der Waals surface area (Å²) in [6, 6.07) is 17.7. The Morgan fingerprint density at radius 1 is 1.04 bits per heavy atom. The minimum Gasteiger partial charge on any atom is -0.497 e. The third-order valence-electron chi connectivity index (χ3n) is 3.94. The second-order valence-corrected chi connectivity index (χ2v) is 5.85. The molecule has 3 aromatic rings. The van der Waals surface area contributed by atoms with Crippen LogP contribution < -0.4 is 20.1 Å². The summed E-state index contributed by atoms with van der Waals surface area (Å²) in [5.41, 5.74) is 2.07. The first-order valence-corrected chi connectivity index (χ1v) is 8.97. The fraction of sp³-hybridized carbons (Fsp3) is 0.238. The number of methoxy groups -OCH3 is 1. The summed E-state index contributed by atoms with van der Waals surface area (Å²) in [7, 11) is 1.67. The molecule has 6 heteroatoms. The lowest BCUT2D eigenvalue weighted by Gasteiger charge is -2.12. The van der Waals surface area contributed by atoms with Crippen LogP contribution in [0.3, 0.4) is 0 Å². The number of benzene rings is 2. The van der Waals surface area contributed by atoms with Crippen LogP contribution in [-0.2, 0) is 6.42 Å². The maximum atomic E-state index is 5.64. The van der Waals surface area contributed by atoms with Crippen molar-refractivity contribution < 1.29 is 9.47 Å². The van der Waals surface area contributed by atoms with Gasteiger partial charge in [0.2, 0.25) is 5.95 Å². The van der Waals surface area contributed by atoms with E-state index in [0.717, 1.165) is 30.2 Å². The largest absolute Gasteiger partial charge is 0.497 e. The van der Waals surface area contributed by atoms with Crippen molar-refractivity contribution in [2.45, 2.75) is 13.3 Å². The van der Waals surface area contributed by atoms with Gasteiger partial charge in [0, 0.05) is 12.7 Å². The molecule has 6 nitrogen and oxygen atoms in total. The highest BCUT2D eigenvalue weighted by Gasteiger charge is 2.05. The average molecular weight is 364 g/mol. The predicted molar refractivity (Wildman–Crippen MR) is 108 cm³/mol. The molecular weight excluding hydrogens is 340 g/mol. The molecule has 0 atom stereocenters. The van der Waals surface area contributed by atoms with Crippen LogP contribution in [0.1, 0.15) is 12.5 Å². The Hall–Kier alpha value is -3.28. The van der Waals surface area contributed by atoms with Gasteiger partial charge >= 0.3 is 0 Å². The van der Waals surface area contributed by atoms with Crippen molar-refractivity contribution in [2.75, 3.05) is 30.9 Å². The molecule has 2 N–H and O–H groups in total. The molecule has 3 rings (SSSR count). The molecule has 0 bridgehead atoms. The third-order valence-corrected chi connectivity index (χ3v) is 3.94. The van der Waals surface area contributed by atoms with Gasteiger partial charge in [-0.3, -0.25) is 0 Å². The minimum atomic E-state index is 0.580. The summed E-state index contributed by atoms with van der Waals surface area (Å²) in [4.78, 5) is 8.81. The number of nitrogens with one attached hydrogen (secondary N) is 2. The van der Waals surface area contributed by atoms with E-state index >= 15 is 0 Å². The van der Waals surface area contributed by atoms with Gasteiger partial charge in [-0.2, -0.15) is 4.98 Å². The molecule has 0 aliphatic heterocycles. The number of hydrogen-bond donors (Lipinski definition) is 2. The smallest absolute Gasteiger partial charge is 0.224 e. The van der Waals surface area contributed by atoms with Gasteiger partial charge in [0.25, 0.3) is 0 Å². The second-order valence-electron chi connectivity index (χ2n) is 5.85. The van der Waals surface area contributed by atoms with E-state index in [2.05, 4.69) is 26.7 Å². The van der Waals surface area contributed by atoms with Crippen LogP contribution in [0.5, 0.6) is 11.5 Å². The number of para-hydroxylation sites is 2. The zero-order chi connectivity index (χ0) is 18.9. The highest BCUT2D eigenvalue weighted by atomic mass is 16.5. The van der Waals surface area contributed by atoms with Crippen LogP contribution in [0.4, 0.5) is 17.5 Å². The lowest BCUT2D eigenvalue weighted by atomic mass is 10.1. The van der Waals surface area contributed by atoms with Gasteiger partial charge in [-0.05, 0) is 49.2 Å². The normalized spacial score (nSPS) is 10.3.